The number of pyridine rings is 1. The first kappa shape index (κ1) is 16.2. The second-order valence-corrected chi connectivity index (χ2v) is 4.94. The van der Waals surface area contributed by atoms with Crippen LogP contribution in [0.4, 0.5) is 5.82 Å². The first-order valence-corrected chi connectivity index (χ1v) is 6.56. The molecule has 0 aliphatic heterocycles. The highest BCUT2D eigenvalue weighted by molar-refractivity contribution is 6.30. The first-order chi connectivity index (χ1) is 9.40. The van der Waals surface area contributed by atoms with Gasteiger partial charge in [0.1, 0.15) is 5.82 Å². The van der Waals surface area contributed by atoms with E-state index in [2.05, 4.69) is 4.98 Å². The Morgan fingerprint density at radius 3 is 2.60 bits per heavy atom. The van der Waals surface area contributed by atoms with Crippen LogP contribution in [0.25, 0.3) is 0 Å². The third-order valence-corrected chi connectivity index (χ3v) is 3.01. The fraction of sp³-hybridized carbons (Fsp3) is 0.462. The van der Waals surface area contributed by atoms with Crippen molar-refractivity contribution in [1.82, 2.24) is 9.88 Å². The van der Waals surface area contributed by atoms with Crippen LogP contribution >= 0.6 is 11.6 Å². The summed E-state index contributed by atoms with van der Waals surface area (Å²) in [6.07, 6.45) is 2.03. The monoisotopic (exact) mass is 299 g/mol. The predicted molar refractivity (Wildman–Crippen MR) is 77.0 cm³/mol. The maximum Gasteiger partial charge on any atom is 0.303 e. The molecular weight excluding hydrogens is 282 g/mol. The molecule has 0 aromatic carbocycles. The third kappa shape index (κ3) is 5.44. The number of rotatable bonds is 7. The van der Waals surface area contributed by atoms with Gasteiger partial charge < -0.3 is 14.9 Å². The number of halogens is 1. The Morgan fingerprint density at radius 2 is 2.05 bits per heavy atom. The summed E-state index contributed by atoms with van der Waals surface area (Å²) in [5.74, 6) is -0.287. The van der Waals surface area contributed by atoms with Crippen LogP contribution in [0.3, 0.4) is 0 Å². The van der Waals surface area contributed by atoms with Gasteiger partial charge in [0, 0.05) is 33.3 Å². The molecule has 0 unspecified atom stereocenters. The largest absolute Gasteiger partial charge is 0.481 e. The van der Waals surface area contributed by atoms with Gasteiger partial charge >= 0.3 is 5.97 Å². The number of nitrogens with zero attached hydrogens (tertiary/aromatic N) is 3. The van der Waals surface area contributed by atoms with Crippen molar-refractivity contribution in [2.45, 2.75) is 12.8 Å². The molecule has 1 rings (SSSR count). The first-order valence-electron chi connectivity index (χ1n) is 6.18. The van der Waals surface area contributed by atoms with Gasteiger partial charge in [-0.25, -0.2) is 4.98 Å². The number of carbonyl (C=O) groups excluding carboxylic acids is 1. The molecule has 0 atom stereocenters. The minimum atomic E-state index is -0.853. The predicted octanol–water partition coefficient (Wildman–Crippen LogP) is 1.49. The van der Waals surface area contributed by atoms with Gasteiger partial charge in [-0.2, -0.15) is 0 Å². The van der Waals surface area contributed by atoms with E-state index in [-0.39, 0.29) is 18.9 Å². The molecule has 1 amide bonds. The Hall–Kier alpha value is -1.82. The quantitative estimate of drug-likeness (QED) is 0.826. The summed E-state index contributed by atoms with van der Waals surface area (Å²) in [5, 5.41) is 9.09. The van der Waals surface area contributed by atoms with E-state index in [1.807, 2.05) is 0 Å². The van der Waals surface area contributed by atoms with Crippen molar-refractivity contribution < 1.29 is 14.7 Å². The van der Waals surface area contributed by atoms with Crippen LogP contribution in [0.5, 0.6) is 0 Å². The number of likely N-dealkylation sites (N-methyl/N-ethyl adjacent to an activating group) is 2. The lowest BCUT2D eigenvalue weighted by Crippen LogP contribution is -2.37. The Morgan fingerprint density at radius 1 is 1.35 bits per heavy atom. The summed E-state index contributed by atoms with van der Waals surface area (Å²) < 4.78 is 0. The lowest BCUT2D eigenvalue weighted by molar-refractivity contribution is -0.137. The molecule has 0 bridgehead atoms. The Bertz CT molecular complexity index is 464. The van der Waals surface area contributed by atoms with E-state index in [4.69, 9.17) is 16.7 Å². The number of anilines is 1. The van der Waals surface area contributed by atoms with E-state index in [0.717, 1.165) is 0 Å². The highest BCUT2D eigenvalue weighted by Gasteiger charge is 2.13. The average molecular weight is 300 g/mol. The van der Waals surface area contributed by atoms with Crippen molar-refractivity contribution in [3.63, 3.8) is 0 Å². The average Bonchev–Trinajstić information content (AvgIpc) is 2.38. The second-order valence-electron chi connectivity index (χ2n) is 4.50. The second kappa shape index (κ2) is 7.69. The fourth-order valence-corrected chi connectivity index (χ4v) is 1.70. The zero-order chi connectivity index (χ0) is 15.1. The van der Waals surface area contributed by atoms with Crippen molar-refractivity contribution in [1.29, 1.82) is 0 Å². The number of aliphatic carboxylic acids is 1. The van der Waals surface area contributed by atoms with Crippen LogP contribution in [0.15, 0.2) is 18.3 Å². The molecule has 0 fully saturated rings. The molecule has 110 valence electrons. The molecule has 7 heteroatoms. The van der Waals surface area contributed by atoms with Crippen LogP contribution < -0.4 is 4.90 Å². The Labute approximate surface area is 123 Å². The van der Waals surface area contributed by atoms with Crippen LogP contribution in [-0.2, 0) is 9.59 Å². The smallest absolute Gasteiger partial charge is 0.303 e. The van der Waals surface area contributed by atoms with Crippen molar-refractivity contribution in [3.05, 3.63) is 23.4 Å². The minimum absolute atomic E-state index is 0.0617. The molecule has 20 heavy (non-hydrogen) atoms. The molecule has 0 aliphatic rings. The van der Waals surface area contributed by atoms with Gasteiger partial charge in [0.05, 0.1) is 11.6 Å². The Kier molecular flexibility index (Phi) is 6.24. The van der Waals surface area contributed by atoms with E-state index < -0.39 is 5.97 Å². The molecule has 0 saturated heterocycles. The molecule has 6 nitrogen and oxygen atoms in total. The van der Waals surface area contributed by atoms with Gasteiger partial charge in [-0.1, -0.05) is 11.6 Å². The molecule has 1 aromatic heterocycles. The van der Waals surface area contributed by atoms with Crippen molar-refractivity contribution >= 4 is 29.3 Å². The fourth-order valence-electron chi connectivity index (χ4n) is 1.59. The van der Waals surface area contributed by atoms with Gasteiger partial charge in [0.25, 0.3) is 0 Å². The highest BCUT2D eigenvalue weighted by Crippen LogP contribution is 2.12. The number of amides is 1. The molecule has 0 saturated carbocycles. The standard InChI is InChI=1S/C13H18ClN3O3/c1-16(7-3-4-13(19)20)12(18)9-17(2)11-6-5-10(14)8-15-11/h5-6,8H,3-4,7,9H2,1-2H3,(H,19,20). The molecule has 0 radical (unpaired) electrons. The van der Waals surface area contributed by atoms with Gasteiger partial charge in [-0.15, -0.1) is 0 Å². The number of carbonyl (C=O) groups is 2. The van der Waals surface area contributed by atoms with Crippen LogP contribution in [0.1, 0.15) is 12.8 Å². The van der Waals surface area contributed by atoms with E-state index in [9.17, 15) is 9.59 Å². The maximum absolute atomic E-state index is 12.0. The summed E-state index contributed by atoms with van der Waals surface area (Å²) >= 11 is 5.75. The molecular formula is C13H18ClN3O3. The summed E-state index contributed by atoms with van der Waals surface area (Å²) in [6.45, 7) is 0.602. The van der Waals surface area contributed by atoms with Crippen molar-refractivity contribution in [3.8, 4) is 0 Å². The summed E-state index contributed by atoms with van der Waals surface area (Å²) in [4.78, 5) is 29.7. The van der Waals surface area contributed by atoms with Gasteiger partial charge in [0.15, 0.2) is 0 Å². The normalized spacial score (nSPS) is 10.2. The number of hydrogen-bond donors (Lipinski definition) is 1. The minimum Gasteiger partial charge on any atom is -0.481 e. The number of hydrogen-bond acceptors (Lipinski definition) is 4. The number of aromatic nitrogens is 1. The zero-order valence-electron chi connectivity index (χ0n) is 11.5. The summed E-state index contributed by atoms with van der Waals surface area (Å²) in [6, 6.07) is 3.45. The van der Waals surface area contributed by atoms with Crippen molar-refractivity contribution in [2.24, 2.45) is 0 Å². The highest BCUT2D eigenvalue weighted by atomic mass is 35.5. The van der Waals surface area contributed by atoms with E-state index in [1.165, 1.54) is 11.1 Å². The summed E-state index contributed by atoms with van der Waals surface area (Å²) in [5.41, 5.74) is 0. The third-order valence-electron chi connectivity index (χ3n) is 2.79. The van der Waals surface area contributed by atoms with Crippen LogP contribution in [0.2, 0.25) is 5.02 Å². The molecule has 1 N–H and O–H groups in total. The lowest BCUT2D eigenvalue weighted by Gasteiger charge is -2.22. The number of carboxylic acids is 1. The lowest BCUT2D eigenvalue weighted by atomic mass is 10.3. The van der Waals surface area contributed by atoms with Gasteiger partial charge in [0.2, 0.25) is 5.91 Å². The van der Waals surface area contributed by atoms with E-state index in [1.54, 1.807) is 31.1 Å². The van der Waals surface area contributed by atoms with Crippen LogP contribution in [-0.4, -0.2) is 54.1 Å². The zero-order valence-corrected chi connectivity index (χ0v) is 12.3. The SMILES string of the molecule is CN(CCCC(=O)O)C(=O)CN(C)c1ccc(Cl)cn1. The van der Waals surface area contributed by atoms with E-state index in [0.29, 0.717) is 23.8 Å². The molecule has 1 heterocycles. The van der Waals surface area contributed by atoms with Crippen LogP contribution in [0, 0.1) is 0 Å². The molecule has 0 aliphatic carbocycles. The molecule has 1 aromatic rings. The van der Waals surface area contributed by atoms with Gasteiger partial charge in [-0.05, 0) is 18.6 Å². The van der Waals surface area contributed by atoms with Gasteiger partial charge in [-0.3, -0.25) is 9.59 Å². The summed E-state index contributed by atoms with van der Waals surface area (Å²) in [7, 11) is 3.42. The topological polar surface area (TPSA) is 73.7 Å². The van der Waals surface area contributed by atoms with E-state index >= 15 is 0 Å². The number of carboxylic acid groups (broad SMARTS) is 1. The molecule has 0 spiro atoms. The Balaban J connectivity index is 2.44. The maximum atomic E-state index is 12.0. The van der Waals surface area contributed by atoms with Crippen molar-refractivity contribution in [2.75, 3.05) is 32.1 Å².